The first-order chi connectivity index (χ1) is 9.47. The minimum absolute atomic E-state index is 0.0858. The second kappa shape index (κ2) is 8.04. The van der Waals surface area contributed by atoms with Crippen LogP contribution in [0.15, 0.2) is 28.7 Å². The van der Waals surface area contributed by atoms with E-state index >= 15 is 0 Å². The topological polar surface area (TPSA) is 57.6 Å². The lowest BCUT2D eigenvalue weighted by molar-refractivity contribution is -0.146. The van der Waals surface area contributed by atoms with Gasteiger partial charge in [0.2, 0.25) is 5.91 Å². The number of carbonyl (C=O) groups excluding carboxylic acids is 1. The van der Waals surface area contributed by atoms with Crippen molar-refractivity contribution >= 4 is 27.8 Å². The van der Waals surface area contributed by atoms with E-state index in [1.54, 1.807) is 6.92 Å². The molecule has 0 saturated heterocycles. The van der Waals surface area contributed by atoms with Gasteiger partial charge < -0.3 is 10.0 Å². The van der Waals surface area contributed by atoms with Crippen LogP contribution in [0.25, 0.3) is 0 Å². The zero-order valence-electron chi connectivity index (χ0n) is 11.8. The van der Waals surface area contributed by atoms with E-state index < -0.39 is 5.97 Å². The van der Waals surface area contributed by atoms with Crippen LogP contribution in [0.5, 0.6) is 0 Å². The molecular formula is C15H20BrNO3. The largest absolute Gasteiger partial charge is 0.480 e. The monoisotopic (exact) mass is 341 g/mol. The van der Waals surface area contributed by atoms with Gasteiger partial charge in [-0.05, 0) is 37.5 Å². The van der Waals surface area contributed by atoms with Gasteiger partial charge in [0, 0.05) is 16.9 Å². The van der Waals surface area contributed by atoms with Crippen molar-refractivity contribution in [1.29, 1.82) is 0 Å². The SMILES string of the molecule is CCC(Cc1cccc(Br)c1)C(=O)N(CC)CC(=O)O. The summed E-state index contributed by atoms with van der Waals surface area (Å²) in [5.41, 5.74) is 1.07. The maximum atomic E-state index is 12.4. The van der Waals surface area contributed by atoms with Crippen molar-refractivity contribution in [2.45, 2.75) is 26.7 Å². The van der Waals surface area contributed by atoms with Gasteiger partial charge in [0.15, 0.2) is 0 Å². The Morgan fingerprint density at radius 1 is 1.35 bits per heavy atom. The second-order valence-corrected chi connectivity index (χ2v) is 5.60. The van der Waals surface area contributed by atoms with E-state index in [-0.39, 0.29) is 18.4 Å². The Balaban J connectivity index is 2.78. The normalized spacial score (nSPS) is 11.9. The highest BCUT2D eigenvalue weighted by Crippen LogP contribution is 2.18. The lowest BCUT2D eigenvalue weighted by atomic mass is 9.95. The summed E-state index contributed by atoms with van der Waals surface area (Å²) in [6, 6.07) is 7.85. The van der Waals surface area contributed by atoms with Gasteiger partial charge in [0.1, 0.15) is 6.54 Å². The summed E-state index contributed by atoms with van der Waals surface area (Å²) in [4.78, 5) is 24.6. The molecule has 0 bridgehead atoms. The number of hydrogen-bond acceptors (Lipinski definition) is 2. The van der Waals surface area contributed by atoms with Crippen LogP contribution in [0.1, 0.15) is 25.8 Å². The predicted octanol–water partition coefficient (Wildman–Crippen LogP) is 2.95. The number of hydrogen-bond donors (Lipinski definition) is 1. The fourth-order valence-corrected chi connectivity index (χ4v) is 2.57. The molecule has 1 atom stereocenters. The molecule has 0 fully saturated rings. The van der Waals surface area contributed by atoms with Gasteiger partial charge in [0.05, 0.1) is 0 Å². The van der Waals surface area contributed by atoms with Crippen molar-refractivity contribution in [2.75, 3.05) is 13.1 Å². The minimum atomic E-state index is -0.975. The molecule has 1 rings (SSSR count). The molecule has 0 spiro atoms. The van der Waals surface area contributed by atoms with Gasteiger partial charge in [-0.15, -0.1) is 0 Å². The first-order valence-electron chi connectivity index (χ1n) is 6.72. The molecule has 4 nitrogen and oxygen atoms in total. The third kappa shape index (κ3) is 4.96. The Labute approximate surface area is 127 Å². The quantitative estimate of drug-likeness (QED) is 0.829. The Morgan fingerprint density at radius 2 is 2.05 bits per heavy atom. The highest BCUT2D eigenvalue weighted by Gasteiger charge is 2.23. The van der Waals surface area contributed by atoms with Crippen LogP contribution in [0.2, 0.25) is 0 Å². The fourth-order valence-electron chi connectivity index (χ4n) is 2.12. The molecule has 20 heavy (non-hydrogen) atoms. The lowest BCUT2D eigenvalue weighted by Crippen LogP contribution is -2.40. The maximum absolute atomic E-state index is 12.4. The van der Waals surface area contributed by atoms with Crippen LogP contribution < -0.4 is 0 Å². The first-order valence-corrected chi connectivity index (χ1v) is 7.52. The van der Waals surface area contributed by atoms with Crippen LogP contribution in [0.3, 0.4) is 0 Å². The molecule has 0 radical (unpaired) electrons. The summed E-state index contributed by atoms with van der Waals surface area (Å²) in [5.74, 6) is -1.24. The zero-order chi connectivity index (χ0) is 15.1. The number of likely N-dealkylation sites (N-methyl/N-ethyl adjacent to an activating group) is 1. The lowest BCUT2D eigenvalue weighted by Gasteiger charge is -2.24. The summed E-state index contributed by atoms with van der Waals surface area (Å²) in [6.45, 7) is 3.94. The van der Waals surface area contributed by atoms with E-state index in [2.05, 4.69) is 15.9 Å². The molecule has 5 heteroatoms. The molecule has 0 saturated carbocycles. The summed E-state index contributed by atoms with van der Waals surface area (Å²) >= 11 is 3.41. The molecule has 0 aliphatic carbocycles. The summed E-state index contributed by atoms with van der Waals surface area (Å²) in [6.07, 6.45) is 1.33. The third-order valence-electron chi connectivity index (χ3n) is 3.23. The number of carboxylic acid groups (broad SMARTS) is 1. The molecule has 1 aromatic carbocycles. The summed E-state index contributed by atoms with van der Waals surface area (Å²) in [7, 11) is 0. The van der Waals surface area contributed by atoms with Crippen LogP contribution in [-0.2, 0) is 16.0 Å². The van der Waals surface area contributed by atoms with Gasteiger partial charge in [-0.1, -0.05) is 35.0 Å². The maximum Gasteiger partial charge on any atom is 0.323 e. The number of amides is 1. The van der Waals surface area contributed by atoms with Gasteiger partial charge in [-0.3, -0.25) is 9.59 Å². The number of carbonyl (C=O) groups is 2. The zero-order valence-corrected chi connectivity index (χ0v) is 13.4. The minimum Gasteiger partial charge on any atom is -0.480 e. The first kappa shape index (κ1) is 16.7. The Bertz CT molecular complexity index is 476. The summed E-state index contributed by atoms with van der Waals surface area (Å²) < 4.78 is 0.982. The fraction of sp³-hybridized carbons (Fsp3) is 0.467. The third-order valence-corrected chi connectivity index (χ3v) is 3.73. The van der Waals surface area contributed by atoms with E-state index in [0.717, 1.165) is 10.0 Å². The highest BCUT2D eigenvalue weighted by atomic mass is 79.9. The Hall–Kier alpha value is -1.36. The van der Waals surface area contributed by atoms with E-state index in [1.165, 1.54) is 4.90 Å². The van der Waals surface area contributed by atoms with Crippen molar-refractivity contribution in [3.8, 4) is 0 Å². The van der Waals surface area contributed by atoms with Crippen LogP contribution >= 0.6 is 15.9 Å². The predicted molar refractivity (Wildman–Crippen MR) is 81.5 cm³/mol. The molecule has 1 aromatic rings. The van der Waals surface area contributed by atoms with Crippen molar-refractivity contribution in [3.05, 3.63) is 34.3 Å². The molecule has 0 heterocycles. The number of benzene rings is 1. The van der Waals surface area contributed by atoms with E-state index in [1.807, 2.05) is 31.2 Å². The standard InChI is InChI=1S/C15H20BrNO3/c1-3-12(8-11-6-5-7-13(16)9-11)15(20)17(4-2)10-14(18)19/h5-7,9,12H,3-4,8,10H2,1-2H3,(H,18,19). The van der Waals surface area contributed by atoms with Crippen molar-refractivity contribution in [1.82, 2.24) is 4.90 Å². The molecular weight excluding hydrogens is 322 g/mol. The van der Waals surface area contributed by atoms with Gasteiger partial charge in [-0.2, -0.15) is 0 Å². The van der Waals surface area contributed by atoms with Crippen molar-refractivity contribution in [2.24, 2.45) is 5.92 Å². The van der Waals surface area contributed by atoms with Gasteiger partial charge in [-0.25, -0.2) is 0 Å². The van der Waals surface area contributed by atoms with E-state index in [4.69, 9.17) is 5.11 Å². The second-order valence-electron chi connectivity index (χ2n) is 4.69. The molecule has 1 unspecified atom stereocenters. The van der Waals surface area contributed by atoms with E-state index in [9.17, 15) is 9.59 Å². The molecule has 110 valence electrons. The van der Waals surface area contributed by atoms with Crippen LogP contribution in [0, 0.1) is 5.92 Å². The molecule has 0 aliphatic heterocycles. The Kier molecular flexibility index (Phi) is 6.71. The Morgan fingerprint density at radius 3 is 2.55 bits per heavy atom. The smallest absolute Gasteiger partial charge is 0.323 e. The van der Waals surface area contributed by atoms with Gasteiger partial charge in [0.25, 0.3) is 0 Å². The molecule has 1 N–H and O–H groups in total. The number of aliphatic carboxylic acids is 1. The molecule has 1 amide bonds. The molecule has 0 aliphatic rings. The number of halogens is 1. The number of nitrogens with zero attached hydrogens (tertiary/aromatic N) is 1. The average molecular weight is 342 g/mol. The number of rotatable bonds is 7. The highest BCUT2D eigenvalue weighted by molar-refractivity contribution is 9.10. The van der Waals surface area contributed by atoms with E-state index in [0.29, 0.717) is 19.4 Å². The average Bonchev–Trinajstić information content (AvgIpc) is 2.41. The van der Waals surface area contributed by atoms with Crippen LogP contribution in [0.4, 0.5) is 0 Å². The van der Waals surface area contributed by atoms with Crippen molar-refractivity contribution in [3.63, 3.8) is 0 Å². The summed E-state index contributed by atoms with van der Waals surface area (Å²) in [5, 5.41) is 8.84. The number of carboxylic acids is 1. The van der Waals surface area contributed by atoms with Crippen molar-refractivity contribution < 1.29 is 14.7 Å². The van der Waals surface area contributed by atoms with Crippen LogP contribution in [-0.4, -0.2) is 35.0 Å². The molecule has 0 aromatic heterocycles. The van der Waals surface area contributed by atoms with Gasteiger partial charge >= 0.3 is 5.97 Å².